The molecular weight excluding hydrogens is 354 g/mol. The third kappa shape index (κ3) is 3.59. The zero-order chi connectivity index (χ0) is 18.1. The molecule has 5 nitrogen and oxygen atoms in total. The average molecular weight is 378 g/mol. The number of thiophene rings is 1. The molecule has 0 bridgehead atoms. The zero-order valence-corrected chi connectivity index (χ0v) is 16.2. The third-order valence-electron chi connectivity index (χ3n) is 5.40. The maximum absolute atomic E-state index is 4.81. The van der Waals surface area contributed by atoms with E-state index in [1.165, 1.54) is 29.7 Å². The van der Waals surface area contributed by atoms with Crippen LogP contribution in [0.4, 0.5) is 5.82 Å². The molecule has 0 unspecified atom stereocenters. The van der Waals surface area contributed by atoms with Crippen LogP contribution < -0.4 is 4.90 Å². The first-order chi connectivity index (χ1) is 13.3. The van der Waals surface area contributed by atoms with Gasteiger partial charge in [0.1, 0.15) is 5.82 Å². The largest absolute Gasteiger partial charge is 0.357 e. The van der Waals surface area contributed by atoms with E-state index in [-0.39, 0.29) is 0 Å². The highest BCUT2D eigenvalue weighted by Crippen LogP contribution is 2.25. The number of hydrogen-bond acceptors (Lipinski definition) is 6. The Labute approximate surface area is 163 Å². The van der Waals surface area contributed by atoms with E-state index in [9.17, 15) is 0 Å². The van der Waals surface area contributed by atoms with E-state index in [0.717, 1.165) is 55.7 Å². The average Bonchev–Trinajstić information content (AvgIpc) is 3.42. The standard InChI is InChI=1S/C21H23N5S/c1-2-9-26(8-1)20-6-5-16(12-22-20)14-25-10-7-18-17(15-25)13-23-21(24-18)19-4-3-11-27-19/h3-6,11-13H,1-2,7-10,14-15H2. The summed E-state index contributed by atoms with van der Waals surface area (Å²) >= 11 is 1.69. The fraction of sp³-hybridized carbons (Fsp3) is 0.381. The molecule has 0 spiro atoms. The summed E-state index contributed by atoms with van der Waals surface area (Å²) in [7, 11) is 0. The highest BCUT2D eigenvalue weighted by atomic mass is 32.1. The molecule has 0 aromatic carbocycles. The van der Waals surface area contributed by atoms with E-state index in [0.29, 0.717) is 0 Å². The topological polar surface area (TPSA) is 45.2 Å². The summed E-state index contributed by atoms with van der Waals surface area (Å²) in [4.78, 5) is 20.1. The monoisotopic (exact) mass is 377 g/mol. The first kappa shape index (κ1) is 16.8. The quantitative estimate of drug-likeness (QED) is 0.693. The lowest BCUT2D eigenvalue weighted by Crippen LogP contribution is -2.31. The molecule has 138 valence electrons. The summed E-state index contributed by atoms with van der Waals surface area (Å²) in [5.74, 6) is 1.98. The molecule has 2 aliphatic rings. The van der Waals surface area contributed by atoms with Crippen molar-refractivity contribution in [1.29, 1.82) is 0 Å². The van der Waals surface area contributed by atoms with Crippen molar-refractivity contribution in [2.45, 2.75) is 32.4 Å². The minimum Gasteiger partial charge on any atom is -0.357 e. The smallest absolute Gasteiger partial charge is 0.169 e. The molecule has 3 aromatic rings. The normalized spacial score (nSPS) is 17.3. The first-order valence-corrected chi connectivity index (χ1v) is 10.5. The maximum Gasteiger partial charge on any atom is 0.169 e. The molecule has 6 heteroatoms. The maximum atomic E-state index is 4.81. The van der Waals surface area contributed by atoms with Crippen molar-refractivity contribution in [3.05, 3.63) is 58.9 Å². The van der Waals surface area contributed by atoms with Gasteiger partial charge in [-0.25, -0.2) is 15.0 Å². The van der Waals surface area contributed by atoms with Crippen LogP contribution in [-0.4, -0.2) is 39.5 Å². The van der Waals surface area contributed by atoms with Gasteiger partial charge >= 0.3 is 0 Å². The number of nitrogens with zero attached hydrogens (tertiary/aromatic N) is 5. The molecule has 2 aliphatic heterocycles. The van der Waals surface area contributed by atoms with Gasteiger partial charge in [0, 0.05) is 57.1 Å². The molecule has 0 N–H and O–H groups in total. The van der Waals surface area contributed by atoms with Crippen LogP contribution in [0.15, 0.2) is 42.0 Å². The van der Waals surface area contributed by atoms with Crippen LogP contribution >= 0.6 is 11.3 Å². The summed E-state index contributed by atoms with van der Waals surface area (Å²) in [6.45, 7) is 5.15. The van der Waals surface area contributed by atoms with Gasteiger partial charge in [0.15, 0.2) is 5.82 Å². The van der Waals surface area contributed by atoms with Crippen LogP contribution in [0, 0.1) is 0 Å². The van der Waals surface area contributed by atoms with E-state index >= 15 is 0 Å². The van der Waals surface area contributed by atoms with Crippen LogP contribution in [0.25, 0.3) is 10.7 Å². The van der Waals surface area contributed by atoms with Gasteiger partial charge in [-0.2, -0.15) is 0 Å². The highest BCUT2D eigenvalue weighted by Gasteiger charge is 2.19. The Morgan fingerprint density at radius 3 is 2.70 bits per heavy atom. The lowest BCUT2D eigenvalue weighted by atomic mass is 10.1. The molecular formula is C21H23N5S. The van der Waals surface area contributed by atoms with Crippen molar-refractivity contribution in [3.63, 3.8) is 0 Å². The second-order valence-corrected chi connectivity index (χ2v) is 8.27. The molecule has 5 rings (SSSR count). The molecule has 0 radical (unpaired) electrons. The molecule has 1 fully saturated rings. The van der Waals surface area contributed by atoms with Gasteiger partial charge in [0.25, 0.3) is 0 Å². The van der Waals surface area contributed by atoms with E-state index in [1.54, 1.807) is 11.3 Å². The fourth-order valence-electron chi connectivity index (χ4n) is 3.94. The second kappa shape index (κ2) is 7.37. The number of anilines is 1. The van der Waals surface area contributed by atoms with Gasteiger partial charge in [0.05, 0.1) is 10.6 Å². The Bertz CT molecular complexity index is 901. The minimum absolute atomic E-state index is 0.860. The van der Waals surface area contributed by atoms with Crippen LogP contribution in [-0.2, 0) is 19.5 Å². The molecule has 5 heterocycles. The minimum atomic E-state index is 0.860. The molecule has 0 atom stereocenters. The number of fused-ring (bicyclic) bond motifs is 1. The van der Waals surface area contributed by atoms with E-state index in [1.807, 2.05) is 18.5 Å². The van der Waals surface area contributed by atoms with Crippen LogP contribution in [0.1, 0.15) is 29.7 Å². The summed E-state index contributed by atoms with van der Waals surface area (Å²) < 4.78 is 0. The summed E-state index contributed by atoms with van der Waals surface area (Å²) in [5.41, 5.74) is 3.73. The lowest BCUT2D eigenvalue weighted by Gasteiger charge is -2.28. The number of hydrogen-bond donors (Lipinski definition) is 0. The Hall–Kier alpha value is -2.31. The Morgan fingerprint density at radius 2 is 1.93 bits per heavy atom. The van der Waals surface area contributed by atoms with Crippen molar-refractivity contribution in [2.24, 2.45) is 0 Å². The van der Waals surface area contributed by atoms with Crippen LogP contribution in [0.5, 0.6) is 0 Å². The molecule has 3 aromatic heterocycles. The second-order valence-electron chi connectivity index (χ2n) is 7.32. The fourth-order valence-corrected chi connectivity index (χ4v) is 4.60. The molecule has 0 amide bonds. The van der Waals surface area contributed by atoms with E-state index < -0.39 is 0 Å². The van der Waals surface area contributed by atoms with Gasteiger partial charge in [-0.3, -0.25) is 4.90 Å². The van der Waals surface area contributed by atoms with Crippen LogP contribution in [0.2, 0.25) is 0 Å². The van der Waals surface area contributed by atoms with Gasteiger partial charge in [-0.15, -0.1) is 11.3 Å². The van der Waals surface area contributed by atoms with Gasteiger partial charge in [-0.1, -0.05) is 12.1 Å². The molecule has 0 aliphatic carbocycles. The Balaban J connectivity index is 1.25. The third-order valence-corrected chi connectivity index (χ3v) is 6.27. The lowest BCUT2D eigenvalue weighted by molar-refractivity contribution is 0.242. The SMILES string of the molecule is c1csc(-c2ncc3c(n2)CCN(Cc2ccc(N4CCCC4)nc2)C3)c1. The van der Waals surface area contributed by atoms with Gasteiger partial charge < -0.3 is 4.90 Å². The highest BCUT2D eigenvalue weighted by molar-refractivity contribution is 7.13. The predicted molar refractivity (Wildman–Crippen MR) is 109 cm³/mol. The molecule has 1 saturated heterocycles. The number of aromatic nitrogens is 3. The Morgan fingerprint density at radius 1 is 1.00 bits per heavy atom. The van der Waals surface area contributed by atoms with Gasteiger partial charge in [0.2, 0.25) is 0 Å². The number of pyridine rings is 1. The summed E-state index contributed by atoms with van der Waals surface area (Å²) in [6.07, 6.45) is 7.60. The summed E-state index contributed by atoms with van der Waals surface area (Å²) in [5, 5.41) is 2.07. The van der Waals surface area contributed by atoms with Crippen molar-refractivity contribution in [1.82, 2.24) is 19.9 Å². The van der Waals surface area contributed by atoms with E-state index in [2.05, 4.69) is 43.3 Å². The van der Waals surface area contributed by atoms with Gasteiger partial charge in [-0.05, 0) is 35.9 Å². The van der Waals surface area contributed by atoms with Crippen molar-refractivity contribution < 1.29 is 0 Å². The first-order valence-electron chi connectivity index (χ1n) is 9.66. The van der Waals surface area contributed by atoms with Crippen molar-refractivity contribution >= 4 is 17.2 Å². The predicted octanol–water partition coefficient (Wildman–Crippen LogP) is 3.76. The van der Waals surface area contributed by atoms with Crippen molar-refractivity contribution in [2.75, 3.05) is 24.5 Å². The van der Waals surface area contributed by atoms with E-state index in [4.69, 9.17) is 4.98 Å². The Kier molecular flexibility index (Phi) is 4.59. The zero-order valence-electron chi connectivity index (χ0n) is 15.3. The number of rotatable bonds is 4. The molecule has 0 saturated carbocycles. The van der Waals surface area contributed by atoms with Crippen LogP contribution in [0.3, 0.4) is 0 Å². The summed E-state index contributed by atoms with van der Waals surface area (Å²) in [6, 6.07) is 8.54. The van der Waals surface area contributed by atoms with Crippen molar-refractivity contribution in [3.8, 4) is 10.7 Å². The molecule has 27 heavy (non-hydrogen) atoms.